The maximum absolute atomic E-state index is 12.4. The molecular formula is C24H28N2O2. The van der Waals surface area contributed by atoms with Crippen LogP contribution in [-0.2, 0) is 10.2 Å². The number of para-hydroxylation sites is 1. The molecule has 1 saturated heterocycles. The fraction of sp³-hybridized carbons (Fsp3) is 0.375. The Balaban J connectivity index is 1.74. The molecule has 0 bridgehead atoms. The lowest BCUT2D eigenvalue weighted by molar-refractivity contribution is -0.124. The minimum absolute atomic E-state index is 0.0989. The summed E-state index contributed by atoms with van der Waals surface area (Å²) in [6, 6.07) is 16.6. The van der Waals surface area contributed by atoms with Crippen LogP contribution < -0.4 is 15.0 Å². The van der Waals surface area contributed by atoms with E-state index in [1.54, 1.807) is 0 Å². The zero-order valence-electron chi connectivity index (χ0n) is 16.9. The van der Waals surface area contributed by atoms with Gasteiger partial charge in [-0.1, -0.05) is 57.2 Å². The summed E-state index contributed by atoms with van der Waals surface area (Å²) in [6.45, 7) is 7.95. The SMILES string of the molecule is CCCOc1cccc(/C=C/C23NC(=O)CCN2c2ccccc2C3(C)C)c1. The average Bonchev–Trinajstić information content (AvgIpc) is 2.89. The van der Waals surface area contributed by atoms with Crippen LogP contribution in [0.1, 0.15) is 44.7 Å². The number of carbonyl (C=O) groups is 1. The largest absolute Gasteiger partial charge is 0.494 e. The molecule has 4 nitrogen and oxygen atoms in total. The van der Waals surface area contributed by atoms with Crippen molar-refractivity contribution in [3.05, 3.63) is 65.7 Å². The number of carbonyl (C=O) groups excluding carboxylic acids is 1. The number of nitrogens with one attached hydrogen (secondary N) is 1. The van der Waals surface area contributed by atoms with Crippen LogP contribution in [0.15, 0.2) is 54.6 Å². The molecule has 1 amide bonds. The topological polar surface area (TPSA) is 41.6 Å². The normalized spacial score (nSPS) is 22.7. The lowest BCUT2D eigenvalue weighted by Crippen LogP contribution is -2.68. The van der Waals surface area contributed by atoms with Crippen molar-refractivity contribution in [2.75, 3.05) is 18.1 Å². The van der Waals surface area contributed by atoms with Crippen LogP contribution in [0.3, 0.4) is 0 Å². The molecule has 2 heterocycles. The van der Waals surface area contributed by atoms with Gasteiger partial charge >= 0.3 is 0 Å². The maximum Gasteiger partial charge on any atom is 0.223 e. The molecule has 2 aliphatic rings. The standard InChI is InChI=1S/C24H28N2O2/c1-4-16-28-19-9-7-8-18(17-19)12-14-24-23(2,3)20-10-5-6-11-21(20)26(24)15-13-22(27)25-24/h5-12,14,17H,4,13,15-16H2,1-3H3,(H,25,27)/b14-12+. The van der Waals surface area contributed by atoms with Crippen molar-refractivity contribution in [3.8, 4) is 5.75 Å². The van der Waals surface area contributed by atoms with Crippen molar-refractivity contribution in [3.63, 3.8) is 0 Å². The number of hydrogen-bond acceptors (Lipinski definition) is 3. The first kappa shape index (κ1) is 18.6. The summed E-state index contributed by atoms with van der Waals surface area (Å²) in [4.78, 5) is 14.8. The molecule has 1 unspecified atom stereocenters. The van der Waals surface area contributed by atoms with E-state index >= 15 is 0 Å². The van der Waals surface area contributed by atoms with E-state index in [4.69, 9.17) is 4.74 Å². The van der Waals surface area contributed by atoms with Gasteiger partial charge in [-0.15, -0.1) is 0 Å². The molecule has 0 aliphatic carbocycles. The molecule has 0 radical (unpaired) electrons. The van der Waals surface area contributed by atoms with Crippen LogP contribution in [0.25, 0.3) is 6.08 Å². The predicted molar refractivity (Wildman–Crippen MR) is 114 cm³/mol. The molecule has 2 aromatic carbocycles. The predicted octanol–water partition coefficient (Wildman–Crippen LogP) is 4.50. The van der Waals surface area contributed by atoms with Crippen molar-refractivity contribution in [1.82, 2.24) is 5.32 Å². The monoisotopic (exact) mass is 376 g/mol. The summed E-state index contributed by atoms with van der Waals surface area (Å²) in [5.41, 5.74) is 2.70. The van der Waals surface area contributed by atoms with Gasteiger partial charge in [-0.2, -0.15) is 0 Å². The molecule has 0 saturated carbocycles. The van der Waals surface area contributed by atoms with E-state index in [2.05, 4.69) is 73.5 Å². The van der Waals surface area contributed by atoms with E-state index in [-0.39, 0.29) is 11.3 Å². The Morgan fingerprint density at radius 1 is 1.18 bits per heavy atom. The summed E-state index contributed by atoms with van der Waals surface area (Å²) in [5, 5.41) is 3.32. The Labute approximate surface area is 167 Å². The van der Waals surface area contributed by atoms with Crippen molar-refractivity contribution in [1.29, 1.82) is 0 Å². The lowest BCUT2D eigenvalue weighted by Gasteiger charge is -2.49. The molecule has 2 aromatic rings. The highest BCUT2D eigenvalue weighted by molar-refractivity contribution is 5.84. The molecule has 0 spiro atoms. The summed E-state index contributed by atoms with van der Waals surface area (Å²) in [5.74, 6) is 0.974. The van der Waals surface area contributed by atoms with Gasteiger partial charge in [0.15, 0.2) is 0 Å². The Morgan fingerprint density at radius 2 is 2.00 bits per heavy atom. The summed E-state index contributed by atoms with van der Waals surface area (Å²) < 4.78 is 5.77. The summed E-state index contributed by atoms with van der Waals surface area (Å²) >= 11 is 0. The molecule has 1 fully saturated rings. The second-order valence-electron chi connectivity index (χ2n) is 8.11. The third kappa shape index (κ3) is 2.88. The van der Waals surface area contributed by atoms with Crippen LogP contribution in [0.2, 0.25) is 0 Å². The van der Waals surface area contributed by atoms with E-state index in [0.29, 0.717) is 13.0 Å². The third-order valence-electron chi connectivity index (χ3n) is 5.99. The molecule has 0 aromatic heterocycles. The summed E-state index contributed by atoms with van der Waals surface area (Å²) in [7, 11) is 0. The van der Waals surface area contributed by atoms with E-state index in [0.717, 1.165) is 24.3 Å². The second kappa shape index (κ2) is 7.01. The van der Waals surface area contributed by atoms with E-state index in [1.165, 1.54) is 11.3 Å². The Hall–Kier alpha value is -2.75. The highest BCUT2D eigenvalue weighted by Gasteiger charge is 2.57. The van der Waals surface area contributed by atoms with Gasteiger partial charge < -0.3 is 15.0 Å². The fourth-order valence-electron chi connectivity index (χ4n) is 4.46. The molecule has 146 valence electrons. The van der Waals surface area contributed by atoms with Crippen molar-refractivity contribution >= 4 is 17.7 Å². The first-order chi connectivity index (χ1) is 13.5. The highest BCUT2D eigenvalue weighted by atomic mass is 16.5. The zero-order valence-corrected chi connectivity index (χ0v) is 16.9. The van der Waals surface area contributed by atoms with Gasteiger partial charge in [-0.3, -0.25) is 4.79 Å². The molecule has 2 aliphatic heterocycles. The molecule has 28 heavy (non-hydrogen) atoms. The van der Waals surface area contributed by atoms with Crippen LogP contribution in [0, 0.1) is 0 Å². The third-order valence-corrected chi connectivity index (χ3v) is 5.99. The Bertz CT molecular complexity index is 918. The molecule has 4 heteroatoms. The van der Waals surface area contributed by atoms with E-state index in [1.807, 2.05) is 18.2 Å². The lowest BCUT2D eigenvalue weighted by atomic mass is 9.74. The first-order valence-electron chi connectivity index (χ1n) is 10.1. The number of ether oxygens (including phenoxy) is 1. The zero-order chi connectivity index (χ0) is 19.8. The number of amides is 1. The van der Waals surface area contributed by atoms with Gasteiger partial charge in [0.1, 0.15) is 11.4 Å². The number of benzene rings is 2. The smallest absolute Gasteiger partial charge is 0.223 e. The van der Waals surface area contributed by atoms with Gasteiger partial charge in [0.2, 0.25) is 5.91 Å². The Kier molecular flexibility index (Phi) is 4.66. The second-order valence-corrected chi connectivity index (χ2v) is 8.11. The van der Waals surface area contributed by atoms with E-state index < -0.39 is 5.66 Å². The van der Waals surface area contributed by atoms with E-state index in [9.17, 15) is 4.79 Å². The van der Waals surface area contributed by atoms with Crippen LogP contribution in [0.5, 0.6) is 5.75 Å². The highest BCUT2D eigenvalue weighted by Crippen LogP contribution is 2.52. The van der Waals surface area contributed by atoms with Crippen LogP contribution in [-0.4, -0.2) is 24.7 Å². The number of rotatable bonds is 5. The average molecular weight is 377 g/mol. The van der Waals surface area contributed by atoms with Gasteiger partial charge in [0.25, 0.3) is 0 Å². The molecule has 1 atom stereocenters. The van der Waals surface area contributed by atoms with Gasteiger partial charge in [-0.05, 0) is 41.8 Å². The molecule has 4 rings (SSSR count). The molecular weight excluding hydrogens is 348 g/mol. The minimum Gasteiger partial charge on any atom is -0.494 e. The summed E-state index contributed by atoms with van der Waals surface area (Å²) in [6.07, 6.45) is 5.75. The van der Waals surface area contributed by atoms with Gasteiger partial charge in [-0.25, -0.2) is 0 Å². The first-order valence-corrected chi connectivity index (χ1v) is 10.1. The number of nitrogens with zero attached hydrogens (tertiary/aromatic N) is 1. The van der Waals surface area contributed by atoms with Gasteiger partial charge in [0.05, 0.1) is 6.61 Å². The number of fused-ring (bicyclic) bond motifs is 3. The fourth-order valence-corrected chi connectivity index (χ4v) is 4.46. The number of anilines is 1. The van der Waals surface area contributed by atoms with Crippen molar-refractivity contribution in [2.45, 2.75) is 44.7 Å². The van der Waals surface area contributed by atoms with Crippen molar-refractivity contribution in [2.24, 2.45) is 0 Å². The molecule has 1 N–H and O–H groups in total. The van der Waals surface area contributed by atoms with Crippen molar-refractivity contribution < 1.29 is 9.53 Å². The number of hydrogen-bond donors (Lipinski definition) is 1. The quantitative estimate of drug-likeness (QED) is 0.835. The van der Waals surface area contributed by atoms with Gasteiger partial charge in [0, 0.05) is 24.1 Å². The van der Waals surface area contributed by atoms with Crippen LogP contribution >= 0.6 is 0 Å². The minimum atomic E-state index is -0.577. The van der Waals surface area contributed by atoms with Crippen LogP contribution in [0.4, 0.5) is 5.69 Å². The maximum atomic E-state index is 12.4. The Morgan fingerprint density at radius 3 is 2.82 bits per heavy atom.